The van der Waals surface area contributed by atoms with E-state index in [-0.39, 0.29) is 12.1 Å². The molecule has 0 aliphatic carbocycles. The van der Waals surface area contributed by atoms with E-state index in [9.17, 15) is 4.79 Å². The average molecular weight is 597 g/mol. The average Bonchev–Trinajstić information content (AvgIpc) is 2.15. The summed E-state index contributed by atoms with van der Waals surface area (Å²) in [6.07, 6.45) is -0.349. The van der Waals surface area contributed by atoms with Gasteiger partial charge in [0.25, 0.3) is 0 Å². The summed E-state index contributed by atoms with van der Waals surface area (Å²) in [5, 5.41) is 8.82. The van der Waals surface area contributed by atoms with Crippen LogP contribution >= 0.6 is 12.6 Å². The fraction of sp³-hybridized carbons (Fsp3) is 0.857. The first-order chi connectivity index (χ1) is 6.58. The third-order valence-electron chi connectivity index (χ3n) is 1.07. The zero-order chi connectivity index (χ0) is 11.4. The Balaban J connectivity index is 0. The number of aliphatic hydroxyl groups is 1. The van der Waals surface area contributed by atoms with Crippen molar-refractivity contribution in [1.29, 1.82) is 0 Å². The normalized spacial score (nSPS) is 10.1. The van der Waals surface area contributed by atoms with Gasteiger partial charge in [-0.2, -0.15) is 0 Å². The van der Waals surface area contributed by atoms with Gasteiger partial charge in [-0.15, -0.1) is 0 Å². The van der Waals surface area contributed by atoms with E-state index in [0.29, 0.717) is 12.4 Å². The van der Waals surface area contributed by atoms with E-state index < -0.39 is 50.1 Å². The summed E-state index contributed by atoms with van der Waals surface area (Å²) in [5.41, 5.74) is 0. The second kappa shape index (κ2) is 14.6. The number of aliphatic hydroxyl groups excluding tert-OH is 1. The van der Waals surface area contributed by atoms with Gasteiger partial charge in [-0.05, 0) is 0 Å². The summed E-state index contributed by atoms with van der Waals surface area (Å²) in [4.78, 5) is 9.88. The molecule has 0 radical (unpaired) electrons. The van der Waals surface area contributed by atoms with Crippen LogP contribution in [-0.4, -0.2) is 29.5 Å². The van der Waals surface area contributed by atoms with E-state index in [1.807, 2.05) is 4.43 Å². The van der Waals surface area contributed by atoms with Gasteiger partial charge in [0.15, 0.2) is 0 Å². The first-order valence-corrected chi connectivity index (χ1v) is 20.7. The Labute approximate surface area is 117 Å². The Morgan fingerprint density at radius 3 is 2.29 bits per heavy atom. The molecule has 0 saturated carbocycles. The zero-order valence-electron chi connectivity index (χ0n) is 9.02. The molecule has 0 aromatic rings. The predicted octanol–water partition coefficient (Wildman–Crippen LogP) is 0.934. The van der Waals surface area contributed by atoms with E-state index in [2.05, 4.69) is 19.7 Å². The van der Waals surface area contributed by atoms with E-state index in [1.165, 1.54) is 6.92 Å². The van der Waals surface area contributed by atoms with Crippen molar-refractivity contribution in [2.45, 2.75) is 21.9 Å². The van der Waals surface area contributed by atoms with Crippen LogP contribution in [0.25, 0.3) is 0 Å². The molecule has 0 saturated heterocycles. The molecule has 0 aliphatic heterocycles. The van der Waals surface area contributed by atoms with Crippen LogP contribution in [0.3, 0.4) is 0 Å². The van der Waals surface area contributed by atoms with Crippen molar-refractivity contribution in [3.8, 4) is 0 Å². The second-order valence-corrected chi connectivity index (χ2v) is 9.98. The molecule has 0 amide bonds. The van der Waals surface area contributed by atoms with Crippen LogP contribution in [0.15, 0.2) is 0 Å². The molecule has 0 aromatic carbocycles. The molecule has 0 heterocycles. The fourth-order valence-corrected chi connectivity index (χ4v) is 4.17. The molecule has 1 N–H and O–H groups in total. The first kappa shape index (κ1) is 18.0. The summed E-state index contributed by atoms with van der Waals surface area (Å²) in [6, 6.07) is 0. The van der Waals surface area contributed by atoms with E-state index >= 15 is 0 Å². The van der Waals surface area contributed by atoms with Gasteiger partial charge in [0.2, 0.25) is 0 Å². The molecule has 0 aromatic heterocycles. The molecule has 7 heteroatoms. The molecule has 0 rings (SSSR count). The minimum atomic E-state index is -1.06. The molecule has 78 valence electrons. The molecule has 1 unspecified atom stereocenters. The molecule has 0 fully saturated rings. The Bertz CT molecular complexity index is 137. The van der Waals surface area contributed by atoms with Gasteiger partial charge in [0.05, 0.1) is 0 Å². The van der Waals surface area contributed by atoms with Gasteiger partial charge in [0.1, 0.15) is 0 Å². The summed E-state index contributed by atoms with van der Waals surface area (Å²) in [6.45, 7) is 1.95. The van der Waals surface area contributed by atoms with Crippen molar-refractivity contribution in [3.05, 3.63) is 0 Å². The predicted molar refractivity (Wildman–Crippen MR) is 49.3 cm³/mol. The SMILES string of the molecule is [CH3][Hg][O]C(C)=O.[CH3][Hg][O]CC(O)CS. The number of carbonyl (C=O) groups excluding carboxylic acids is 1. The van der Waals surface area contributed by atoms with Crippen molar-refractivity contribution < 1.29 is 65.3 Å². The number of rotatable bonds is 5. The summed E-state index contributed by atoms with van der Waals surface area (Å²) >= 11 is 1.90. The molecule has 1 atom stereocenters. The number of hydrogen-bond acceptors (Lipinski definition) is 5. The standard InChI is InChI=1S/C3H7O2S.C2H4O2.2CH3.2Hg/c4-1-3(5)2-6;1-2(3)4;;;;/h3,5-6H,1-2H2;1H3,(H,3,4);2*1H3;;/q-1;;;;2*+1/p-1. The van der Waals surface area contributed by atoms with Crippen molar-refractivity contribution in [2.75, 3.05) is 12.4 Å². The second-order valence-electron chi connectivity index (χ2n) is 2.42. The van der Waals surface area contributed by atoms with Crippen LogP contribution in [-0.2, 0) is 60.1 Å². The zero-order valence-corrected chi connectivity index (χ0v) is 20.9. The quantitative estimate of drug-likeness (QED) is 0.366. The maximum absolute atomic E-state index is 9.88. The number of carbonyl (C=O) groups is 1. The van der Waals surface area contributed by atoms with Gasteiger partial charge in [-0.25, -0.2) is 0 Å². The topological polar surface area (TPSA) is 55.8 Å². The van der Waals surface area contributed by atoms with Crippen LogP contribution in [0.5, 0.6) is 0 Å². The van der Waals surface area contributed by atoms with E-state index in [1.54, 1.807) is 0 Å². The summed E-state index contributed by atoms with van der Waals surface area (Å²) in [7, 11) is 0. The Hall–Kier alpha value is 1.61. The van der Waals surface area contributed by atoms with Gasteiger partial charge in [-0.3, -0.25) is 0 Å². The Morgan fingerprint density at radius 2 is 2.07 bits per heavy atom. The van der Waals surface area contributed by atoms with Crippen LogP contribution in [0.2, 0.25) is 8.86 Å². The van der Waals surface area contributed by atoms with Crippen LogP contribution in [0.4, 0.5) is 0 Å². The fourth-order valence-electron chi connectivity index (χ4n) is 0.510. The van der Waals surface area contributed by atoms with Crippen molar-refractivity contribution >= 4 is 18.6 Å². The third kappa shape index (κ3) is 19.2. The molecule has 0 bridgehead atoms. The molecule has 0 spiro atoms. The van der Waals surface area contributed by atoms with Crippen molar-refractivity contribution in [2.24, 2.45) is 0 Å². The van der Waals surface area contributed by atoms with Crippen molar-refractivity contribution in [1.82, 2.24) is 0 Å². The van der Waals surface area contributed by atoms with Crippen LogP contribution in [0.1, 0.15) is 6.92 Å². The van der Waals surface area contributed by atoms with Gasteiger partial charge in [-0.1, -0.05) is 0 Å². The monoisotopic (exact) mass is 600 g/mol. The third-order valence-corrected chi connectivity index (χ3v) is 6.70. The molecule has 4 nitrogen and oxygen atoms in total. The first-order valence-electron chi connectivity index (χ1n) is 4.58. The number of thiol groups is 1. The molecule has 14 heavy (non-hydrogen) atoms. The van der Waals surface area contributed by atoms with E-state index in [4.69, 9.17) is 7.75 Å². The van der Waals surface area contributed by atoms with E-state index in [0.717, 1.165) is 0 Å². The minimum absolute atomic E-state index is 0.112. The van der Waals surface area contributed by atoms with Gasteiger partial charge < -0.3 is 0 Å². The Morgan fingerprint density at radius 1 is 1.50 bits per heavy atom. The number of hydrogen-bond donors (Lipinski definition) is 2. The molecular formula is C7H16Hg2O4S. The summed E-state index contributed by atoms with van der Waals surface area (Å²) in [5.74, 6) is 0.396. The van der Waals surface area contributed by atoms with Crippen LogP contribution < -0.4 is 0 Å². The summed E-state index contributed by atoms with van der Waals surface area (Å²) < 4.78 is 13.9. The van der Waals surface area contributed by atoms with Gasteiger partial charge >= 0.3 is 118 Å². The van der Waals surface area contributed by atoms with Gasteiger partial charge in [0, 0.05) is 0 Å². The maximum atomic E-state index is 9.88. The molecule has 0 aliphatic rings. The van der Waals surface area contributed by atoms with Crippen molar-refractivity contribution in [3.63, 3.8) is 0 Å². The Kier molecular flexibility index (Phi) is 18.8. The molecular weight excluding hydrogens is 581 g/mol. The van der Waals surface area contributed by atoms with Crippen LogP contribution in [0, 0.1) is 0 Å².